The van der Waals surface area contributed by atoms with Crippen LogP contribution in [0.25, 0.3) is 0 Å². The van der Waals surface area contributed by atoms with Crippen LogP contribution >= 0.6 is 22.6 Å². The van der Waals surface area contributed by atoms with E-state index >= 15 is 0 Å². The first kappa shape index (κ1) is 18.8. The van der Waals surface area contributed by atoms with Gasteiger partial charge in [-0.05, 0) is 12.5 Å². The molecular weight excluding hydrogens is 383 g/mol. The molecule has 0 amide bonds. The molecule has 0 aliphatic heterocycles. The van der Waals surface area contributed by atoms with Crippen LogP contribution in [-0.4, -0.2) is 51.2 Å². The summed E-state index contributed by atoms with van der Waals surface area (Å²) in [4.78, 5) is 0. The van der Waals surface area contributed by atoms with Crippen molar-refractivity contribution < 1.29 is 18.9 Å². The van der Waals surface area contributed by atoms with Gasteiger partial charge in [-0.1, -0.05) is 52.4 Å². The summed E-state index contributed by atoms with van der Waals surface area (Å²) in [7, 11) is 1.66. The van der Waals surface area contributed by atoms with Crippen molar-refractivity contribution in [1.29, 1.82) is 0 Å². The number of methoxy groups -OCH3 is 1. The number of ether oxygens (including phenoxy) is 4. The van der Waals surface area contributed by atoms with Crippen molar-refractivity contribution in [2.24, 2.45) is 0 Å². The zero-order valence-corrected chi connectivity index (χ0v) is 15.0. The van der Waals surface area contributed by atoms with Crippen LogP contribution < -0.4 is 0 Å². The fourth-order valence-corrected chi connectivity index (χ4v) is 2.49. The smallest absolute Gasteiger partial charge is 0.0915 e. The van der Waals surface area contributed by atoms with Gasteiger partial charge in [0.25, 0.3) is 0 Å². The number of hydrogen-bond donors (Lipinski definition) is 0. The van der Waals surface area contributed by atoms with Crippen LogP contribution in [-0.2, 0) is 18.9 Å². The van der Waals surface area contributed by atoms with Crippen LogP contribution in [0.4, 0.5) is 0 Å². The van der Waals surface area contributed by atoms with Gasteiger partial charge in [-0.3, -0.25) is 0 Å². The standard InChI is InChI=1S/C16H25IO4/c1-14-3-5-15(6-4-14)16(13-17)21-12-11-20-10-9-19-8-7-18-2/h3-6,16H,7-13H2,1-2H3. The number of aryl methyl sites for hydroxylation is 1. The lowest BCUT2D eigenvalue weighted by molar-refractivity contribution is -0.0109. The number of halogens is 1. The predicted molar refractivity (Wildman–Crippen MR) is 92.3 cm³/mol. The summed E-state index contributed by atoms with van der Waals surface area (Å²) in [6, 6.07) is 8.49. The maximum absolute atomic E-state index is 5.87. The second kappa shape index (κ2) is 12.3. The molecule has 1 aromatic rings. The molecule has 1 rings (SSSR count). The van der Waals surface area contributed by atoms with Crippen LogP contribution in [0.2, 0.25) is 0 Å². The maximum Gasteiger partial charge on any atom is 0.0915 e. The Hall–Kier alpha value is -0.210. The van der Waals surface area contributed by atoms with Crippen molar-refractivity contribution in [2.75, 3.05) is 51.2 Å². The molecule has 0 aliphatic rings. The van der Waals surface area contributed by atoms with Gasteiger partial charge >= 0.3 is 0 Å². The molecule has 1 aromatic carbocycles. The Morgan fingerprint density at radius 2 is 1.48 bits per heavy atom. The lowest BCUT2D eigenvalue weighted by Crippen LogP contribution is -2.13. The van der Waals surface area contributed by atoms with Gasteiger partial charge in [0.15, 0.2) is 0 Å². The van der Waals surface area contributed by atoms with E-state index in [2.05, 4.69) is 53.8 Å². The quantitative estimate of drug-likeness (QED) is 0.303. The number of benzene rings is 1. The monoisotopic (exact) mass is 408 g/mol. The summed E-state index contributed by atoms with van der Waals surface area (Å²) in [5, 5.41) is 0. The number of hydrogen-bond acceptors (Lipinski definition) is 4. The molecule has 0 N–H and O–H groups in total. The lowest BCUT2D eigenvalue weighted by atomic mass is 10.1. The van der Waals surface area contributed by atoms with Crippen LogP contribution in [0.3, 0.4) is 0 Å². The van der Waals surface area contributed by atoms with E-state index in [-0.39, 0.29) is 6.10 Å². The van der Waals surface area contributed by atoms with Crippen LogP contribution in [0.1, 0.15) is 17.2 Å². The van der Waals surface area contributed by atoms with Crippen LogP contribution in [0, 0.1) is 6.92 Å². The Bertz CT molecular complexity index is 356. The van der Waals surface area contributed by atoms with Crippen LogP contribution in [0.15, 0.2) is 24.3 Å². The van der Waals surface area contributed by atoms with Crippen molar-refractivity contribution in [3.63, 3.8) is 0 Å². The summed E-state index contributed by atoms with van der Waals surface area (Å²) in [5.41, 5.74) is 2.49. The minimum Gasteiger partial charge on any atom is -0.382 e. The fraction of sp³-hybridized carbons (Fsp3) is 0.625. The molecule has 0 saturated heterocycles. The highest BCUT2D eigenvalue weighted by Crippen LogP contribution is 2.20. The summed E-state index contributed by atoms with van der Waals surface area (Å²) in [6.45, 7) is 5.69. The average molecular weight is 408 g/mol. The molecule has 1 unspecified atom stereocenters. The van der Waals surface area contributed by atoms with Crippen molar-refractivity contribution in [3.05, 3.63) is 35.4 Å². The molecule has 0 aliphatic carbocycles. The van der Waals surface area contributed by atoms with Crippen molar-refractivity contribution in [3.8, 4) is 0 Å². The van der Waals surface area contributed by atoms with E-state index in [0.29, 0.717) is 39.6 Å². The van der Waals surface area contributed by atoms with E-state index in [1.165, 1.54) is 11.1 Å². The molecule has 0 saturated carbocycles. The third-order valence-electron chi connectivity index (χ3n) is 2.94. The van der Waals surface area contributed by atoms with E-state index in [1.807, 2.05) is 0 Å². The third-order valence-corrected chi connectivity index (χ3v) is 3.74. The summed E-state index contributed by atoms with van der Waals surface area (Å²) in [5.74, 6) is 0. The van der Waals surface area contributed by atoms with Crippen molar-refractivity contribution in [1.82, 2.24) is 0 Å². The predicted octanol–water partition coefficient (Wildman–Crippen LogP) is 3.17. The second-order valence-corrected chi connectivity index (χ2v) is 5.52. The highest BCUT2D eigenvalue weighted by atomic mass is 127. The first-order chi connectivity index (χ1) is 10.3. The molecule has 1 atom stereocenters. The van der Waals surface area contributed by atoms with Crippen LogP contribution in [0.5, 0.6) is 0 Å². The molecule has 0 spiro atoms. The van der Waals surface area contributed by atoms with Gasteiger partial charge in [0.1, 0.15) is 0 Å². The normalized spacial score (nSPS) is 12.5. The van der Waals surface area contributed by atoms with Crippen molar-refractivity contribution in [2.45, 2.75) is 13.0 Å². The topological polar surface area (TPSA) is 36.9 Å². The minimum absolute atomic E-state index is 0.132. The zero-order valence-electron chi connectivity index (χ0n) is 12.8. The molecule has 120 valence electrons. The van der Waals surface area contributed by atoms with E-state index < -0.39 is 0 Å². The van der Waals surface area contributed by atoms with Gasteiger partial charge in [0, 0.05) is 11.5 Å². The first-order valence-corrected chi connectivity index (χ1v) is 8.69. The minimum atomic E-state index is 0.132. The Morgan fingerprint density at radius 1 is 0.905 bits per heavy atom. The highest BCUT2D eigenvalue weighted by molar-refractivity contribution is 14.1. The maximum atomic E-state index is 5.87. The molecule has 0 bridgehead atoms. The summed E-state index contributed by atoms with van der Waals surface area (Å²) >= 11 is 2.35. The van der Waals surface area contributed by atoms with E-state index in [4.69, 9.17) is 18.9 Å². The van der Waals surface area contributed by atoms with Gasteiger partial charge in [0.05, 0.1) is 45.7 Å². The van der Waals surface area contributed by atoms with Gasteiger partial charge in [0.2, 0.25) is 0 Å². The Kier molecular flexibility index (Phi) is 11.1. The Morgan fingerprint density at radius 3 is 2.05 bits per heavy atom. The summed E-state index contributed by atoms with van der Waals surface area (Å²) in [6.07, 6.45) is 0.132. The Labute approximate surface area is 141 Å². The largest absolute Gasteiger partial charge is 0.382 e. The highest BCUT2D eigenvalue weighted by Gasteiger charge is 2.09. The van der Waals surface area contributed by atoms with Gasteiger partial charge in [-0.2, -0.15) is 0 Å². The number of rotatable bonds is 12. The third kappa shape index (κ3) is 8.73. The molecular formula is C16H25IO4. The van der Waals surface area contributed by atoms with E-state index in [1.54, 1.807) is 7.11 Å². The lowest BCUT2D eigenvalue weighted by Gasteiger charge is -2.16. The van der Waals surface area contributed by atoms with Gasteiger partial charge in [-0.25, -0.2) is 0 Å². The molecule has 5 heteroatoms. The number of alkyl halides is 1. The van der Waals surface area contributed by atoms with Gasteiger partial charge in [-0.15, -0.1) is 0 Å². The first-order valence-electron chi connectivity index (χ1n) is 7.16. The molecule has 4 nitrogen and oxygen atoms in total. The molecule has 0 radical (unpaired) electrons. The average Bonchev–Trinajstić information content (AvgIpc) is 2.51. The molecule has 0 fully saturated rings. The fourth-order valence-electron chi connectivity index (χ4n) is 1.72. The van der Waals surface area contributed by atoms with Crippen molar-refractivity contribution >= 4 is 22.6 Å². The Balaban J connectivity index is 2.08. The molecule has 0 heterocycles. The summed E-state index contributed by atoms with van der Waals surface area (Å²) < 4.78 is 22.5. The second-order valence-electron chi connectivity index (χ2n) is 4.64. The SMILES string of the molecule is COCCOCCOCCOC(CI)c1ccc(C)cc1. The van der Waals surface area contributed by atoms with E-state index in [0.717, 1.165) is 4.43 Å². The molecule has 21 heavy (non-hydrogen) atoms. The van der Waals surface area contributed by atoms with Gasteiger partial charge < -0.3 is 18.9 Å². The van der Waals surface area contributed by atoms with E-state index in [9.17, 15) is 0 Å². The molecule has 0 aromatic heterocycles. The zero-order chi connectivity index (χ0) is 15.3.